The van der Waals surface area contributed by atoms with E-state index in [4.69, 9.17) is 4.74 Å². The van der Waals surface area contributed by atoms with Crippen molar-refractivity contribution in [3.63, 3.8) is 0 Å². The van der Waals surface area contributed by atoms with Gasteiger partial charge in [-0.05, 0) is 73.5 Å². The fourth-order valence-corrected chi connectivity index (χ4v) is 4.46. The molecule has 4 nitrogen and oxygen atoms in total. The summed E-state index contributed by atoms with van der Waals surface area (Å²) in [6.45, 7) is 2.03. The smallest absolute Gasteiger partial charge is 0.189 e. The van der Waals surface area contributed by atoms with Crippen molar-refractivity contribution in [2.24, 2.45) is 0 Å². The van der Waals surface area contributed by atoms with Crippen LogP contribution in [0.1, 0.15) is 35.4 Å². The number of aromatic nitrogens is 1. The van der Waals surface area contributed by atoms with Gasteiger partial charge in [-0.25, -0.2) is 0 Å². The van der Waals surface area contributed by atoms with Crippen molar-refractivity contribution in [2.45, 2.75) is 31.6 Å². The molecule has 28 heavy (non-hydrogen) atoms. The van der Waals surface area contributed by atoms with Gasteiger partial charge in [-0.2, -0.15) is 0 Å². The second kappa shape index (κ2) is 8.19. The number of hydrogen-bond acceptors (Lipinski definition) is 3. The number of pyridine rings is 1. The Balaban J connectivity index is 1.43. The maximum Gasteiger partial charge on any atom is 0.189 e. The topological polar surface area (TPSA) is 45.3 Å². The number of nitrogens with one attached hydrogen (secondary N) is 1. The van der Waals surface area contributed by atoms with Gasteiger partial charge in [-0.3, -0.25) is 4.79 Å². The number of fused-ring (bicyclic) bond motifs is 2. The zero-order valence-electron chi connectivity index (χ0n) is 16.7. The molecule has 3 aromatic rings. The quantitative estimate of drug-likeness (QED) is 0.703. The van der Waals surface area contributed by atoms with Crippen LogP contribution in [0.25, 0.3) is 10.9 Å². The lowest BCUT2D eigenvalue weighted by Crippen LogP contribution is -2.28. The Morgan fingerprint density at radius 3 is 2.96 bits per heavy atom. The highest BCUT2D eigenvalue weighted by Crippen LogP contribution is 2.36. The van der Waals surface area contributed by atoms with Gasteiger partial charge in [-0.1, -0.05) is 18.2 Å². The lowest BCUT2D eigenvalue weighted by atomic mass is 9.82. The molecule has 1 atom stereocenters. The molecule has 1 aromatic heterocycles. The van der Waals surface area contributed by atoms with Crippen LogP contribution < -0.4 is 10.2 Å². The number of methoxy groups -OCH3 is 1. The molecule has 2 aromatic carbocycles. The summed E-state index contributed by atoms with van der Waals surface area (Å²) in [4.78, 5) is 17.6. The van der Waals surface area contributed by atoms with Crippen LogP contribution in [-0.2, 0) is 12.8 Å². The number of nitrogens with zero attached hydrogens (tertiary/aromatic N) is 1. The molecule has 1 aliphatic carbocycles. The Bertz CT molecular complexity index is 1020. The van der Waals surface area contributed by atoms with E-state index in [1.54, 1.807) is 19.4 Å². The van der Waals surface area contributed by atoms with E-state index in [1.807, 2.05) is 12.1 Å². The van der Waals surface area contributed by atoms with E-state index in [1.165, 1.54) is 29.5 Å². The first-order valence-corrected chi connectivity index (χ1v) is 10.1. The summed E-state index contributed by atoms with van der Waals surface area (Å²) < 4.78 is 5.57. The molecule has 0 saturated heterocycles. The van der Waals surface area contributed by atoms with E-state index in [0.717, 1.165) is 42.6 Å². The van der Waals surface area contributed by atoms with Crippen molar-refractivity contribution in [2.75, 3.05) is 27.2 Å². The Hall–Kier alpha value is -2.59. The predicted molar refractivity (Wildman–Crippen MR) is 114 cm³/mol. The third-order valence-corrected chi connectivity index (χ3v) is 5.95. The first-order chi connectivity index (χ1) is 13.7. The Labute approximate surface area is 166 Å². The molecule has 0 aliphatic heterocycles. The van der Waals surface area contributed by atoms with Crippen molar-refractivity contribution in [3.8, 4) is 5.75 Å². The fourth-order valence-electron chi connectivity index (χ4n) is 4.46. The van der Waals surface area contributed by atoms with Crippen LogP contribution in [0.3, 0.4) is 0 Å². The molecule has 0 amide bonds. The molecule has 1 heterocycles. The van der Waals surface area contributed by atoms with Crippen LogP contribution in [-0.4, -0.2) is 37.1 Å². The number of benzene rings is 2. The van der Waals surface area contributed by atoms with Crippen LogP contribution >= 0.6 is 0 Å². The monoisotopic (exact) mass is 376 g/mol. The zero-order valence-corrected chi connectivity index (χ0v) is 16.7. The number of likely N-dealkylation sites (N-methyl/N-ethyl adjacent to an activating group) is 1. The van der Waals surface area contributed by atoms with Gasteiger partial charge in [0, 0.05) is 36.3 Å². The highest BCUT2D eigenvalue weighted by Gasteiger charge is 2.23. The Morgan fingerprint density at radius 1 is 1.21 bits per heavy atom. The predicted octanol–water partition coefficient (Wildman–Crippen LogP) is 4.13. The molecule has 146 valence electrons. The minimum absolute atomic E-state index is 0.0803. The van der Waals surface area contributed by atoms with E-state index in [0.29, 0.717) is 5.92 Å². The molecular weight excluding hydrogens is 348 g/mol. The maximum absolute atomic E-state index is 12.1. The molecular formula is C24H28N2O2. The molecule has 1 unspecified atom stereocenters. The van der Waals surface area contributed by atoms with Crippen molar-refractivity contribution < 1.29 is 4.74 Å². The molecule has 0 bridgehead atoms. The van der Waals surface area contributed by atoms with Crippen LogP contribution in [0.4, 0.5) is 0 Å². The van der Waals surface area contributed by atoms with E-state index in [9.17, 15) is 4.79 Å². The summed E-state index contributed by atoms with van der Waals surface area (Å²) >= 11 is 0. The maximum atomic E-state index is 12.1. The number of aromatic amines is 1. The van der Waals surface area contributed by atoms with Gasteiger partial charge in [0.1, 0.15) is 5.75 Å². The SMILES string of the molecule is COc1cccc2c1CCCC2CN(C)CCc1ccc2[nH]ccc(=O)c2c1. The summed E-state index contributed by atoms with van der Waals surface area (Å²) in [5.74, 6) is 1.59. The zero-order chi connectivity index (χ0) is 19.5. The minimum atomic E-state index is 0.0803. The number of ether oxygens (including phenoxy) is 1. The van der Waals surface area contributed by atoms with Gasteiger partial charge in [0.05, 0.1) is 7.11 Å². The van der Waals surface area contributed by atoms with Gasteiger partial charge >= 0.3 is 0 Å². The van der Waals surface area contributed by atoms with Gasteiger partial charge in [0.2, 0.25) is 0 Å². The van der Waals surface area contributed by atoms with Crippen LogP contribution in [0, 0.1) is 0 Å². The average molecular weight is 376 g/mol. The summed E-state index contributed by atoms with van der Waals surface area (Å²) in [5, 5.41) is 0.774. The largest absolute Gasteiger partial charge is 0.496 e. The average Bonchev–Trinajstić information content (AvgIpc) is 2.72. The molecule has 0 saturated carbocycles. The van der Waals surface area contributed by atoms with Gasteiger partial charge in [0.15, 0.2) is 5.43 Å². The first kappa shape index (κ1) is 18.8. The Morgan fingerprint density at radius 2 is 2.11 bits per heavy atom. The normalized spacial score (nSPS) is 16.3. The van der Waals surface area contributed by atoms with E-state index < -0.39 is 0 Å². The summed E-state index contributed by atoms with van der Waals surface area (Å²) in [6.07, 6.45) is 6.22. The molecule has 4 heteroatoms. The van der Waals surface area contributed by atoms with Gasteiger partial charge < -0.3 is 14.6 Å². The molecule has 1 aliphatic rings. The third kappa shape index (κ3) is 3.83. The van der Waals surface area contributed by atoms with Crippen LogP contribution in [0.5, 0.6) is 5.75 Å². The molecule has 0 spiro atoms. The molecule has 4 rings (SSSR count). The Kier molecular flexibility index (Phi) is 5.49. The number of rotatable bonds is 6. The minimum Gasteiger partial charge on any atom is -0.496 e. The number of hydrogen-bond donors (Lipinski definition) is 1. The number of H-pyrrole nitrogens is 1. The summed E-state index contributed by atoms with van der Waals surface area (Å²) in [5.41, 5.74) is 5.04. The molecule has 1 N–H and O–H groups in total. The van der Waals surface area contributed by atoms with Gasteiger partial charge in [-0.15, -0.1) is 0 Å². The fraction of sp³-hybridized carbons (Fsp3) is 0.375. The van der Waals surface area contributed by atoms with E-state index in [-0.39, 0.29) is 5.43 Å². The van der Waals surface area contributed by atoms with Crippen LogP contribution in [0.15, 0.2) is 53.5 Å². The van der Waals surface area contributed by atoms with E-state index >= 15 is 0 Å². The standard InChI is InChI=1S/C24H28N2O2/c1-26(14-12-17-9-10-22-21(15-17)23(27)11-13-25-22)16-18-5-3-7-20-19(18)6-4-8-24(20)28-2/h4,6,8-11,13,15,18H,3,5,7,12,14,16H2,1-2H3,(H,25,27). The van der Waals surface area contributed by atoms with E-state index in [2.05, 4.69) is 41.2 Å². The second-order valence-corrected chi connectivity index (χ2v) is 7.85. The van der Waals surface area contributed by atoms with Crippen molar-refractivity contribution in [1.82, 2.24) is 9.88 Å². The summed E-state index contributed by atoms with van der Waals surface area (Å²) in [6, 6.07) is 14.2. The highest BCUT2D eigenvalue weighted by molar-refractivity contribution is 5.78. The van der Waals surface area contributed by atoms with Crippen molar-refractivity contribution in [1.29, 1.82) is 0 Å². The summed E-state index contributed by atoms with van der Waals surface area (Å²) in [7, 11) is 3.96. The van der Waals surface area contributed by atoms with Gasteiger partial charge in [0.25, 0.3) is 0 Å². The van der Waals surface area contributed by atoms with Crippen molar-refractivity contribution in [3.05, 3.63) is 75.6 Å². The molecule has 0 fully saturated rings. The second-order valence-electron chi connectivity index (χ2n) is 7.85. The van der Waals surface area contributed by atoms with Crippen molar-refractivity contribution >= 4 is 10.9 Å². The molecule has 0 radical (unpaired) electrons. The van der Waals surface area contributed by atoms with Crippen LogP contribution in [0.2, 0.25) is 0 Å². The third-order valence-electron chi connectivity index (χ3n) is 5.95. The highest BCUT2D eigenvalue weighted by atomic mass is 16.5. The first-order valence-electron chi connectivity index (χ1n) is 10.1. The lowest BCUT2D eigenvalue weighted by molar-refractivity contribution is 0.299. The lowest BCUT2D eigenvalue weighted by Gasteiger charge is -2.30.